The molecule has 0 radical (unpaired) electrons. The molecule has 4 heteroatoms. The minimum atomic E-state index is -0.428. The molecule has 138 valence electrons. The minimum absolute atomic E-state index is 0.138. The average Bonchev–Trinajstić information content (AvgIpc) is 2.65. The van der Waals surface area contributed by atoms with Crippen molar-refractivity contribution >= 4 is 16.9 Å². The van der Waals surface area contributed by atoms with Gasteiger partial charge in [0, 0.05) is 5.92 Å². The van der Waals surface area contributed by atoms with Gasteiger partial charge >= 0.3 is 11.6 Å². The molecule has 2 heterocycles. The Balaban J connectivity index is 2.02. The summed E-state index contributed by atoms with van der Waals surface area (Å²) >= 11 is 0. The maximum atomic E-state index is 12.9. The van der Waals surface area contributed by atoms with E-state index in [2.05, 4.69) is 6.92 Å². The molecule has 3 aromatic rings. The molecular formula is C23H22O4. The zero-order valence-corrected chi connectivity index (χ0v) is 16.0. The highest BCUT2D eigenvalue weighted by Crippen LogP contribution is 2.42. The number of aryl methyl sites for hydroxylation is 4. The fourth-order valence-electron chi connectivity index (χ4n) is 3.94. The maximum Gasteiger partial charge on any atom is 0.343 e. The Bertz CT molecular complexity index is 1120. The van der Waals surface area contributed by atoms with E-state index in [0.717, 1.165) is 34.1 Å². The molecule has 0 aliphatic carbocycles. The van der Waals surface area contributed by atoms with E-state index < -0.39 is 5.63 Å². The third-order valence-corrected chi connectivity index (χ3v) is 5.60. The summed E-state index contributed by atoms with van der Waals surface area (Å²) in [5.74, 6) is -0.312. The largest absolute Gasteiger partial charge is 0.425 e. The number of rotatable bonds is 2. The van der Waals surface area contributed by atoms with Crippen molar-refractivity contribution in [2.45, 2.75) is 46.5 Å². The smallest absolute Gasteiger partial charge is 0.343 e. The van der Waals surface area contributed by atoms with Gasteiger partial charge in [-0.2, -0.15) is 0 Å². The van der Waals surface area contributed by atoms with Gasteiger partial charge in [-0.3, -0.25) is 4.79 Å². The van der Waals surface area contributed by atoms with Crippen LogP contribution in [0.3, 0.4) is 0 Å². The molecule has 0 amide bonds. The fraction of sp³-hybridized carbons (Fsp3) is 0.304. The average molecular weight is 362 g/mol. The lowest BCUT2D eigenvalue weighted by atomic mass is 9.85. The Labute approximate surface area is 157 Å². The number of benzene rings is 2. The van der Waals surface area contributed by atoms with Gasteiger partial charge in [0.15, 0.2) is 5.75 Å². The first-order valence-corrected chi connectivity index (χ1v) is 9.27. The van der Waals surface area contributed by atoms with Gasteiger partial charge in [-0.15, -0.1) is 0 Å². The van der Waals surface area contributed by atoms with Crippen LogP contribution in [0, 0.1) is 20.8 Å². The topological polar surface area (TPSA) is 56.5 Å². The van der Waals surface area contributed by atoms with Crippen LogP contribution in [0.5, 0.6) is 5.75 Å². The molecule has 2 aromatic carbocycles. The molecule has 0 saturated carbocycles. The molecule has 0 fully saturated rings. The highest BCUT2D eigenvalue weighted by molar-refractivity contribution is 5.94. The second-order valence-corrected chi connectivity index (χ2v) is 7.30. The van der Waals surface area contributed by atoms with Crippen molar-refractivity contribution in [1.82, 2.24) is 0 Å². The van der Waals surface area contributed by atoms with E-state index in [4.69, 9.17) is 9.15 Å². The number of hydrogen-bond donors (Lipinski definition) is 0. The van der Waals surface area contributed by atoms with Crippen LogP contribution in [-0.2, 0) is 11.2 Å². The summed E-state index contributed by atoms with van der Waals surface area (Å²) < 4.78 is 11.3. The summed E-state index contributed by atoms with van der Waals surface area (Å²) in [5.41, 5.74) is 5.52. The van der Waals surface area contributed by atoms with Gasteiger partial charge in [0.1, 0.15) is 5.58 Å². The Morgan fingerprint density at radius 3 is 2.41 bits per heavy atom. The van der Waals surface area contributed by atoms with Gasteiger partial charge < -0.3 is 9.15 Å². The second kappa shape index (κ2) is 6.38. The van der Waals surface area contributed by atoms with Crippen molar-refractivity contribution in [2.75, 3.05) is 0 Å². The van der Waals surface area contributed by atoms with Gasteiger partial charge in [0.2, 0.25) is 0 Å². The molecule has 4 nitrogen and oxygen atoms in total. The van der Waals surface area contributed by atoms with Gasteiger partial charge in [0.05, 0.1) is 17.4 Å². The van der Waals surface area contributed by atoms with Crippen LogP contribution in [0.25, 0.3) is 11.0 Å². The van der Waals surface area contributed by atoms with Crippen molar-refractivity contribution < 1.29 is 13.9 Å². The van der Waals surface area contributed by atoms with E-state index in [1.165, 1.54) is 5.56 Å². The van der Waals surface area contributed by atoms with Crippen molar-refractivity contribution in [3.63, 3.8) is 0 Å². The fourth-order valence-corrected chi connectivity index (χ4v) is 3.94. The van der Waals surface area contributed by atoms with E-state index in [0.29, 0.717) is 16.9 Å². The lowest BCUT2D eigenvalue weighted by Gasteiger charge is -2.25. The molecule has 1 atom stereocenters. The van der Waals surface area contributed by atoms with Gasteiger partial charge in [-0.1, -0.05) is 37.3 Å². The monoisotopic (exact) mass is 362 g/mol. The Kier molecular flexibility index (Phi) is 4.14. The van der Waals surface area contributed by atoms with E-state index in [1.54, 1.807) is 0 Å². The molecule has 0 saturated heterocycles. The van der Waals surface area contributed by atoms with Crippen LogP contribution >= 0.6 is 0 Å². The van der Waals surface area contributed by atoms with Crippen molar-refractivity contribution in [3.05, 3.63) is 74.1 Å². The number of fused-ring (bicyclic) bond motifs is 3. The first-order chi connectivity index (χ1) is 12.9. The van der Waals surface area contributed by atoms with Crippen LogP contribution in [0.2, 0.25) is 0 Å². The molecule has 0 N–H and O–H groups in total. The Hall–Kier alpha value is -2.88. The highest BCUT2D eigenvalue weighted by Gasteiger charge is 2.34. The highest BCUT2D eigenvalue weighted by atomic mass is 16.5. The normalized spacial score (nSPS) is 16.3. The third kappa shape index (κ3) is 2.76. The first-order valence-electron chi connectivity index (χ1n) is 9.27. The van der Waals surface area contributed by atoms with E-state index in [-0.39, 0.29) is 18.3 Å². The van der Waals surface area contributed by atoms with Crippen LogP contribution in [-0.4, -0.2) is 5.97 Å². The standard InChI is InChI=1S/C23H22O4/c1-5-15-6-8-16(9-7-15)17-11-18(24)26-22-19-13(3)10-12(2)14(4)21(19)27-23(25)20(17)22/h6-10,17H,5,11H2,1-4H3/t17-/m0/s1. The number of carbonyl (C=O) groups is 1. The van der Waals surface area contributed by atoms with Crippen molar-refractivity contribution in [2.24, 2.45) is 0 Å². The summed E-state index contributed by atoms with van der Waals surface area (Å²) in [6.45, 7) is 7.93. The molecule has 1 aliphatic rings. The minimum Gasteiger partial charge on any atom is -0.425 e. The molecule has 27 heavy (non-hydrogen) atoms. The van der Waals surface area contributed by atoms with E-state index >= 15 is 0 Å². The SMILES string of the molecule is CCc1ccc([C@@H]2CC(=O)Oc3c2c(=O)oc2c(C)c(C)cc(C)c32)cc1. The summed E-state index contributed by atoms with van der Waals surface area (Å²) in [6, 6.07) is 10.1. The Morgan fingerprint density at radius 1 is 1.04 bits per heavy atom. The Morgan fingerprint density at radius 2 is 1.74 bits per heavy atom. The van der Waals surface area contributed by atoms with E-state index in [1.807, 2.05) is 51.1 Å². The quantitative estimate of drug-likeness (QED) is 0.489. The van der Waals surface area contributed by atoms with Crippen LogP contribution in [0.1, 0.15) is 52.6 Å². The number of hydrogen-bond acceptors (Lipinski definition) is 4. The van der Waals surface area contributed by atoms with Gasteiger partial charge in [-0.05, 0) is 55.0 Å². The maximum absolute atomic E-state index is 12.9. The van der Waals surface area contributed by atoms with Crippen molar-refractivity contribution in [3.8, 4) is 5.75 Å². The lowest BCUT2D eigenvalue weighted by molar-refractivity contribution is -0.135. The lowest BCUT2D eigenvalue weighted by Crippen LogP contribution is -2.27. The molecule has 1 aromatic heterocycles. The zero-order valence-electron chi connectivity index (χ0n) is 16.0. The summed E-state index contributed by atoms with van der Waals surface area (Å²) in [5, 5.41) is 0.718. The van der Waals surface area contributed by atoms with Crippen LogP contribution in [0.15, 0.2) is 39.5 Å². The van der Waals surface area contributed by atoms with E-state index in [9.17, 15) is 9.59 Å². The predicted molar refractivity (Wildman–Crippen MR) is 105 cm³/mol. The summed E-state index contributed by atoms with van der Waals surface area (Å²) in [7, 11) is 0. The molecule has 0 bridgehead atoms. The van der Waals surface area contributed by atoms with Crippen molar-refractivity contribution in [1.29, 1.82) is 0 Å². The van der Waals surface area contributed by atoms with Gasteiger partial charge in [0.25, 0.3) is 0 Å². The summed E-state index contributed by atoms with van der Waals surface area (Å²) in [6.07, 6.45) is 1.08. The third-order valence-electron chi connectivity index (χ3n) is 5.60. The van der Waals surface area contributed by atoms with Crippen LogP contribution < -0.4 is 10.4 Å². The molecular weight excluding hydrogens is 340 g/mol. The number of esters is 1. The second-order valence-electron chi connectivity index (χ2n) is 7.30. The molecule has 4 rings (SSSR count). The molecule has 0 spiro atoms. The molecule has 0 unspecified atom stereocenters. The summed E-state index contributed by atoms with van der Waals surface area (Å²) in [4.78, 5) is 25.3. The van der Waals surface area contributed by atoms with Gasteiger partial charge in [-0.25, -0.2) is 4.79 Å². The zero-order chi connectivity index (χ0) is 19.3. The predicted octanol–water partition coefficient (Wildman–Crippen LogP) is 4.72. The first kappa shape index (κ1) is 17.5. The number of carbonyl (C=O) groups excluding carboxylic acids is 1. The molecule has 1 aliphatic heterocycles. The number of ether oxygens (including phenoxy) is 1. The van der Waals surface area contributed by atoms with Crippen LogP contribution in [0.4, 0.5) is 0 Å².